The van der Waals surface area contributed by atoms with Gasteiger partial charge in [0.15, 0.2) is 6.79 Å². The minimum Gasteiger partial charge on any atom is -0.441 e. The maximum Gasteiger partial charge on any atom is 0.295 e. The first-order chi connectivity index (χ1) is 4.27. The molecule has 0 N–H and O–H groups in total. The van der Waals surface area contributed by atoms with Crippen LogP contribution in [-0.2, 0) is 14.3 Å². The van der Waals surface area contributed by atoms with Gasteiger partial charge in [0.25, 0.3) is 6.47 Å². The summed E-state index contributed by atoms with van der Waals surface area (Å²) in [5.74, 6) is 1.16. The van der Waals surface area contributed by atoms with Crippen LogP contribution in [0.1, 0.15) is 13.8 Å². The zero-order chi connectivity index (χ0) is 7.11. The Bertz CT molecular complexity index is 70.7. The average molecular weight is 131 g/mol. The molecule has 0 spiro atoms. The summed E-state index contributed by atoms with van der Waals surface area (Å²) in [7, 11) is 0. The van der Waals surface area contributed by atoms with Crippen LogP contribution in [0, 0.1) is 5.92 Å². The molecule has 0 saturated heterocycles. The lowest BCUT2D eigenvalue weighted by Gasteiger charge is -2.03. The second kappa shape index (κ2) is 5.56. The second-order valence-corrected chi connectivity index (χ2v) is 1.94. The van der Waals surface area contributed by atoms with E-state index in [-0.39, 0.29) is 6.79 Å². The predicted molar refractivity (Wildman–Crippen MR) is 32.6 cm³/mol. The van der Waals surface area contributed by atoms with Gasteiger partial charge in [-0.05, 0) is 5.92 Å². The third-order valence-corrected chi connectivity index (χ3v) is 0.610. The summed E-state index contributed by atoms with van der Waals surface area (Å²) < 4.78 is 9.11. The van der Waals surface area contributed by atoms with E-state index in [1.807, 2.05) is 13.8 Å². The van der Waals surface area contributed by atoms with Gasteiger partial charge >= 0.3 is 0 Å². The number of carbonyl (C=O) groups excluding carboxylic acids is 1. The molecule has 0 aromatic carbocycles. The van der Waals surface area contributed by atoms with Gasteiger partial charge in [-0.2, -0.15) is 0 Å². The van der Waals surface area contributed by atoms with Crippen molar-refractivity contribution in [2.45, 2.75) is 13.8 Å². The molecule has 0 aliphatic heterocycles. The van der Waals surface area contributed by atoms with Crippen LogP contribution in [0.2, 0.25) is 0 Å². The monoisotopic (exact) mass is 131 g/mol. The predicted octanol–water partition coefficient (Wildman–Crippen LogP) is 0.748. The molecule has 0 saturated carbocycles. The first kappa shape index (κ1) is 8.43. The summed E-state index contributed by atoms with van der Waals surface area (Å²) in [6.45, 7) is 4.86. The molecule has 0 atom stereocenters. The van der Waals surface area contributed by atoms with Crippen LogP contribution in [0.5, 0.6) is 0 Å². The van der Waals surface area contributed by atoms with Gasteiger partial charge in [-0.25, -0.2) is 0 Å². The molecule has 53 valence electrons. The van der Waals surface area contributed by atoms with E-state index >= 15 is 0 Å². The third-order valence-electron chi connectivity index (χ3n) is 0.610. The minimum atomic E-state index is 0.0503. The summed E-state index contributed by atoms with van der Waals surface area (Å²) in [6.07, 6.45) is 0. The van der Waals surface area contributed by atoms with E-state index in [4.69, 9.17) is 4.74 Å². The fraction of sp³-hybridized carbons (Fsp3) is 0.667. The topological polar surface area (TPSA) is 35.5 Å². The quantitative estimate of drug-likeness (QED) is 0.314. The van der Waals surface area contributed by atoms with Gasteiger partial charge in [-0.1, -0.05) is 13.8 Å². The minimum absolute atomic E-state index is 0.0503. The molecule has 3 nitrogen and oxygen atoms in total. The van der Waals surface area contributed by atoms with Gasteiger partial charge in [0.1, 0.15) is 0 Å². The highest BCUT2D eigenvalue weighted by Crippen LogP contribution is 1.93. The maximum atomic E-state index is 9.54. The molecule has 0 unspecified atom stereocenters. The van der Waals surface area contributed by atoms with E-state index in [0.717, 1.165) is 5.92 Å². The molecule has 0 bridgehead atoms. The van der Waals surface area contributed by atoms with Crippen molar-refractivity contribution in [2.75, 3.05) is 13.4 Å². The van der Waals surface area contributed by atoms with Gasteiger partial charge in [-0.15, -0.1) is 0 Å². The van der Waals surface area contributed by atoms with E-state index in [1.54, 1.807) is 0 Å². The maximum absolute atomic E-state index is 9.54. The number of hydrogen-bond acceptors (Lipinski definition) is 3. The lowest BCUT2D eigenvalue weighted by atomic mass is 10.2. The van der Waals surface area contributed by atoms with Crippen LogP contribution < -0.4 is 0 Å². The summed E-state index contributed by atoms with van der Waals surface area (Å²) in [6, 6.07) is 0. The van der Waals surface area contributed by atoms with Crippen LogP contribution in [-0.4, -0.2) is 19.9 Å². The first-order valence-electron chi connectivity index (χ1n) is 2.69. The molecule has 0 aliphatic carbocycles. The molecular formula is C6H11O3. The Morgan fingerprint density at radius 2 is 2.22 bits per heavy atom. The molecule has 0 rings (SSSR count). The molecule has 0 fully saturated rings. The smallest absolute Gasteiger partial charge is 0.295 e. The summed E-state index contributed by atoms with van der Waals surface area (Å²) in [5.41, 5.74) is 0. The normalized spacial score (nSPS) is 9.67. The van der Waals surface area contributed by atoms with Gasteiger partial charge in [0, 0.05) is 0 Å². The Morgan fingerprint density at radius 1 is 1.56 bits per heavy atom. The Labute approximate surface area is 55.0 Å². The molecule has 1 radical (unpaired) electrons. The molecule has 0 aliphatic rings. The zero-order valence-corrected chi connectivity index (χ0v) is 5.72. The molecule has 0 aromatic heterocycles. The molecule has 0 heterocycles. The van der Waals surface area contributed by atoms with Crippen LogP contribution in [0.15, 0.2) is 0 Å². The number of rotatable bonds is 5. The molecular weight excluding hydrogens is 120 g/mol. The van der Waals surface area contributed by atoms with Crippen LogP contribution in [0.25, 0.3) is 0 Å². The highest BCUT2D eigenvalue weighted by Gasteiger charge is 1.91. The summed E-state index contributed by atoms with van der Waals surface area (Å²) in [5, 5.41) is 0. The van der Waals surface area contributed by atoms with Crippen molar-refractivity contribution in [1.82, 2.24) is 0 Å². The lowest BCUT2D eigenvalue weighted by Crippen LogP contribution is -2.03. The van der Waals surface area contributed by atoms with E-state index in [2.05, 4.69) is 4.74 Å². The van der Waals surface area contributed by atoms with Crippen molar-refractivity contribution >= 4 is 6.47 Å². The Morgan fingerprint density at radius 3 is 2.67 bits per heavy atom. The Hall–Kier alpha value is -0.570. The van der Waals surface area contributed by atoms with Gasteiger partial charge < -0.3 is 9.47 Å². The van der Waals surface area contributed by atoms with Gasteiger partial charge in [-0.3, -0.25) is 4.79 Å². The molecule has 9 heavy (non-hydrogen) atoms. The van der Waals surface area contributed by atoms with Crippen molar-refractivity contribution in [3.63, 3.8) is 0 Å². The standard InChI is InChI=1S/C6H11O3/c1-6(2)3-8-5-9-4-7/h4H,3,5H2,1-2H3. The van der Waals surface area contributed by atoms with Crippen molar-refractivity contribution < 1.29 is 14.3 Å². The average Bonchev–Trinajstić information content (AvgIpc) is 1.80. The van der Waals surface area contributed by atoms with Crippen molar-refractivity contribution in [3.8, 4) is 0 Å². The highest BCUT2D eigenvalue weighted by atomic mass is 16.7. The summed E-state index contributed by atoms with van der Waals surface area (Å²) >= 11 is 0. The summed E-state index contributed by atoms with van der Waals surface area (Å²) in [4.78, 5) is 9.54. The third kappa shape index (κ3) is 7.43. The lowest BCUT2D eigenvalue weighted by molar-refractivity contribution is -0.140. The van der Waals surface area contributed by atoms with Crippen molar-refractivity contribution in [2.24, 2.45) is 0 Å². The van der Waals surface area contributed by atoms with E-state index in [9.17, 15) is 4.79 Å². The van der Waals surface area contributed by atoms with Gasteiger partial charge in [0.05, 0.1) is 6.61 Å². The van der Waals surface area contributed by atoms with E-state index in [1.165, 1.54) is 0 Å². The number of hydrogen-bond donors (Lipinski definition) is 0. The van der Waals surface area contributed by atoms with Gasteiger partial charge in [0.2, 0.25) is 0 Å². The van der Waals surface area contributed by atoms with Crippen LogP contribution in [0.3, 0.4) is 0 Å². The second-order valence-electron chi connectivity index (χ2n) is 1.94. The van der Waals surface area contributed by atoms with Crippen molar-refractivity contribution in [3.05, 3.63) is 5.92 Å². The molecule has 0 amide bonds. The first-order valence-corrected chi connectivity index (χ1v) is 2.69. The van der Waals surface area contributed by atoms with Crippen LogP contribution >= 0.6 is 0 Å². The largest absolute Gasteiger partial charge is 0.441 e. The molecule has 3 heteroatoms. The Kier molecular flexibility index (Phi) is 5.21. The van der Waals surface area contributed by atoms with Crippen molar-refractivity contribution in [1.29, 1.82) is 0 Å². The van der Waals surface area contributed by atoms with Crippen LogP contribution in [0.4, 0.5) is 0 Å². The fourth-order valence-corrected chi connectivity index (χ4v) is 0.322. The van der Waals surface area contributed by atoms with E-state index < -0.39 is 0 Å². The highest BCUT2D eigenvalue weighted by molar-refractivity contribution is 5.36. The SMILES string of the molecule is C[C](C)COCOC=O. The molecule has 0 aromatic rings. The number of ether oxygens (including phenoxy) is 2. The fourth-order valence-electron chi connectivity index (χ4n) is 0.322. The number of carbonyl (C=O) groups is 1. The Balaban J connectivity index is 2.82. The zero-order valence-electron chi connectivity index (χ0n) is 5.72. The van der Waals surface area contributed by atoms with E-state index in [0.29, 0.717) is 13.1 Å².